The van der Waals surface area contributed by atoms with Gasteiger partial charge >= 0.3 is 0 Å². The van der Waals surface area contributed by atoms with Gasteiger partial charge in [-0.3, -0.25) is 0 Å². The monoisotopic (exact) mass is 500 g/mol. The molecule has 6 aromatic carbocycles. The summed E-state index contributed by atoms with van der Waals surface area (Å²) in [6, 6.07) is 42.1. The highest BCUT2D eigenvalue weighted by Crippen LogP contribution is 2.38. The second kappa shape index (κ2) is 7.62. The molecule has 0 aliphatic heterocycles. The molecule has 0 N–H and O–H groups in total. The maximum Gasteiger partial charge on any atom is 0.135 e. The molecule has 3 heterocycles. The molecule has 0 atom stereocenters. The zero-order chi connectivity index (χ0) is 25.5. The molecular weight excluding hydrogens is 480 g/mol. The number of furan rings is 3. The highest BCUT2D eigenvalue weighted by atomic mass is 16.3. The van der Waals surface area contributed by atoms with Crippen LogP contribution in [0.3, 0.4) is 0 Å². The highest BCUT2D eigenvalue weighted by molar-refractivity contribution is 6.10. The predicted octanol–water partition coefficient (Wildman–Crippen LogP) is 10.7. The van der Waals surface area contributed by atoms with E-state index in [0.717, 1.165) is 88.1 Å². The van der Waals surface area contributed by atoms with E-state index in [-0.39, 0.29) is 0 Å². The first kappa shape index (κ1) is 20.7. The fourth-order valence-corrected chi connectivity index (χ4v) is 5.95. The number of hydrogen-bond donors (Lipinski definition) is 0. The van der Waals surface area contributed by atoms with Gasteiger partial charge in [-0.2, -0.15) is 0 Å². The molecule has 0 radical (unpaired) electrons. The van der Waals surface area contributed by atoms with Crippen LogP contribution < -0.4 is 0 Å². The Hall–Kier alpha value is -5.28. The van der Waals surface area contributed by atoms with Gasteiger partial charge in [-0.1, -0.05) is 60.7 Å². The summed E-state index contributed by atoms with van der Waals surface area (Å²) in [5.41, 5.74) is 10.0. The van der Waals surface area contributed by atoms with Crippen LogP contribution in [-0.2, 0) is 0 Å². The Labute approximate surface area is 222 Å². The van der Waals surface area contributed by atoms with Crippen molar-refractivity contribution >= 4 is 65.8 Å². The van der Waals surface area contributed by atoms with Crippen molar-refractivity contribution < 1.29 is 13.3 Å². The fraction of sp³-hybridized carbons (Fsp3) is 0. The maximum absolute atomic E-state index is 6.24. The molecule has 9 aromatic rings. The van der Waals surface area contributed by atoms with Gasteiger partial charge in [-0.05, 0) is 82.9 Å². The summed E-state index contributed by atoms with van der Waals surface area (Å²) in [5.74, 6) is 0. The van der Waals surface area contributed by atoms with Gasteiger partial charge in [-0.15, -0.1) is 0 Å². The first-order valence-corrected chi connectivity index (χ1v) is 13.1. The van der Waals surface area contributed by atoms with Crippen molar-refractivity contribution in [3.05, 3.63) is 121 Å². The molecule has 0 amide bonds. The summed E-state index contributed by atoms with van der Waals surface area (Å²) in [5, 5.41) is 6.74. The van der Waals surface area contributed by atoms with Gasteiger partial charge in [0.15, 0.2) is 0 Å². The van der Waals surface area contributed by atoms with Crippen molar-refractivity contribution in [3.8, 4) is 22.3 Å². The molecule has 0 saturated heterocycles. The maximum atomic E-state index is 6.24. The topological polar surface area (TPSA) is 39.4 Å². The fourth-order valence-electron chi connectivity index (χ4n) is 5.95. The third kappa shape index (κ3) is 3.04. The van der Waals surface area contributed by atoms with Crippen LogP contribution in [0, 0.1) is 0 Å². The zero-order valence-electron chi connectivity index (χ0n) is 20.8. The van der Waals surface area contributed by atoms with E-state index in [9.17, 15) is 0 Å². The minimum absolute atomic E-state index is 0.886. The largest absolute Gasteiger partial charge is 0.456 e. The van der Waals surface area contributed by atoms with Crippen LogP contribution in [-0.4, -0.2) is 0 Å². The lowest BCUT2D eigenvalue weighted by Gasteiger charge is -2.04. The second-order valence-corrected chi connectivity index (χ2v) is 10.1. The number of para-hydroxylation sites is 2. The number of fused-ring (bicyclic) bond motifs is 9. The lowest BCUT2D eigenvalue weighted by atomic mass is 9.98. The molecule has 0 unspecified atom stereocenters. The molecule has 3 nitrogen and oxygen atoms in total. The van der Waals surface area contributed by atoms with Crippen molar-refractivity contribution in [1.82, 2.24) is 0 Å². The molecule has 3 heteroatoms. The van der Waals surface area contributed by atoms with Crippen LogP contribution in [0.2, 0.25) is 0 Å². The Morgan fingerprint density at radius 3 is 0.897 bits per heavy atom. The summed E-state index contributed by atoms with van der Waals surface area (Å²) in [7, 11) is 0. The smallest absolute Gasteiger partial charge is 0.135 e. The lowest BCUT2D eigenvalue weighted by Crippen LogP contribution is -1.79. The molecule has 0 saturated carbocycles. The van der Waals surface area contributed by atoms with Crippen molar-refractivity contribution in [2.75, 3.05) is 0 Å². The standard InChI is InChI=1S/C36H20O3/c1-3-7-31-25(5-1)27-17-21(9-13-33(27)37-31)23-11-15-35-29(19-23)30-20-24(12-16-36(30)39-35)22-10-14-34-28(18-22)26-6-2-4-8-32(26)38-34/h1-20H. The number of hydrogen-bond acceptors (Lipinski definition) is 3. The Morgan fingerprint density at radius 2 is 0.538 bits per heavy atom. The van der Waals surface area contributed by atoms with Crippen LogP contribution >= 0.6 is 0 Å². The first-order valence-electron chi connectivity index (χ1n) is 13.1. The molecule has 182 valence electrons. The molecule has 0 aliphatic rings. The van der Waals surface area contributed by atoms with Crippen LogP contribution in [0.1, 0.15) is 0 Å². The molecule has 0 fully saturated rings. The minimum atomic E-state index is 0.886. The van der Waals surface area contributed by atoms with Gasteiger partial charge in [0.2, 0.25) is 0 Å². The van der Waals surface area contributed by atoms with Gasteiger partial charge in [0.25, 0.3) is 0 Å². The van der Waals surface area contributed by atoms with Crippen molar-refractivity contribution in [1.29, 1.82) is 0 Å². The number of benzene rings is 6. The van der Waals surface area contributed by atoms with Crippen molar-refractivity contribution in [3.63, 3.8) is 0 Å². The Kier molecular flexibility index (Phi) is 4.05. The van der Waals surface area contributed by atoms with Crippen LogP contribution in [0.25, 0.3) is 88.1 Å². The van der Waals surface area contributed by atoms with E-state index in [1.807, 2.05) is 24.3 Å². The summed E-state index contributed by atoms with van der Waals surface area (Å²) < 4.78 is 18.3. The summed E-state index contributed by atoms with van der Waals surface area (Å²) >= 11 is 0. The predicted molar refractivity (Wildman–Crippen MR) is 159 cm³/mol. The van der Waals surface area contributed by atoms with Gasteiger partial charge in [0, 0.05) is 32.3 Å². The van der Waals surface area contributed by atoms with Crippen LogP contribution in [0.15, 0.2) is 135 Å². The highest BCUT2D eigenvalue weighted by Gasteiger charge is 2.13. The van der Waals surface area contributed by atoms with Crippen LogP contribution in [0.4, 0.5) is 0 Å². The van der Waals surface area contributed by atoms with Crippen molar-refractivity contribution in [2.24, 2.45) is 0 Å². The third-order valence-electron chi connectivity index (χ3n) is 7.89. The second-order valence-electron chi connectivity index (χ2n) is 10.1. The molecule has 9 rings (SSSR count). The summed E-state index contributed by atoms with van der Waals surface area (Å²) in [6.45, 7) is 0. The summed E-state index contributed by atoms with van der Waals surface area (Å²) in [6.07, 6.45) is 0. The SMILES string of the molecule is c1ccc2c(c1)oc1ccc(-c3ccc4oc5ccc(-c6ccc7oc8ccccc8c7c6)cc5c4c3)cc12. The van der Waals surface area contributed by atoms with Crippen LogP contribution in [0.5, 0.6) is 0 Å². The van der Waals surface area contributed by atoms with Crippen molar-refractivity contribution in [2.45, 2.75) is 0 Å². The van der Waals surface area contributed by atoms with E-state index >= 15 is 0 Å². The summed E-state index contributed by atoms with van der Waals surface area (Å²) in [4.78, 5) is 0. The van der Waals surface area contributed by atoms with E-state index in [0.29, 0.717) is 0 Å². The molecule has 39 heavy (non-hydrogen) atoms. The molecule has 0 spiro atoms. The first-order chi connectivity index (χ1) is 19.3. The molecule has 3 aromatic heterocycles. The minimum Gasteiger partial charge on any atom is -0.456 e. The van der Waals surface area contributed by atoms with E-state index < -0.39 is 0 Å². The average molecular weight is 501 g/mol. The van der Waals surface area contributed by atoms with Gasteiger partial charge < -0.3 is 13.3 Å². The van der Waals surface area contributed by atoms with Gasteiger partial charge in [0.05, 0.1) is 0 Å². The van der Waals surface area contributed by atoms with E-state index in [4.69, 9.17) is 13.3 Å². The van der Waals surface area contributed by atoms with E-state index in [1.54, 1.807) is 0 Å². The van der Waals surface area contributed by atoms with Gasteiger partial charge in [-0.25, -0.2) is 0 Å². The molecular formula is C36H20O3. The third-order valence-corrected chi connectivity index (χ3v) is 7.89. The number of rotatable bonds is 2. The Balaban J connectivity index is 1.20. The Bertz CT molecular complexity index is 2230. The van der Waals surface area contributed by atoms with E-state index in [1.165, 1.54) is 0 Å². The average Bonchev–Trinajstić information content (AvgIpc) is 3.66. The molecule has 0 bridgehead atoms. The molecule has 0 aliphatic carbocycles. The Morgan fingerprint density at radius 1 is 0.256 bits per heavy atom. The quantitative estimate of drug-likeness (QED) is 0.237. The van der Waals surface area contributed by atoms with Gasteiger partial charge in [0.1, 0.15) is 33.5 Å². The normalized spacial score (nSPS) is 12.1. The zero-order valence-corrected chi connectivity index (χ0v) is 20.8. The lowest BCUT2D eigenvalue weighted by molar-refractivity contribution is 0.668. The van der Waals surface area contributed by atoms with E-state index in [2.05, 4.69) is 97.1 Å².